The minimum Gasteiger partial charge on any atom is -0.323 e. The van der Waals surface area contributed by atoms with Crippen LogP contribution in [0.25, 0.3) is 11.0 Å². The van der Waals surface area contributed by atoms with Crippen LogP contribution in [0.15, 0.2) is 72.8 Å². The summed E-state index contributed by atoms with van der Waals surface area (Å²) in [7, 11) is 0. The van der Waals surface area contributed by atoms with Gasteiger partial charge in [-0.15, -0.1) is 0 Å². The van der Waals surface area contributed by atoms with E-state index in [0.717, 1.165) is 29.1 Å². The molecule has 2 heterocycles. The number of nitrogens with zero attached hydrogens (tertiary/aromatic N) is 3. The van der Waals surface area contributed by atoms with E-state index in [9.17, 15) is 4.79 Å². The number of hydrogen-bond acceptors (Lipinski definition) is 2. The second-order valence-electron chi connectivity index (χ2n) is 8.27. The van der Waals surface area contributed by atoms with Crippen LogP contribution in [0, 0.1) is 13.8 Å². The molecule has 1 fully saturated rings. The maximum atomic E-state index is 12.9. The van der Waals surface area contributed by atoms with Crippen molar-refractivity contribution in [1.29, 1.82) is 0 Å². The number of rotatable bonds is 4. The molecule has 0 spiro atoms. The van der Waals surface area contributed by atoms with E-state index in [1.165, 1.54) is 16.7 Å². The molecular formula is C26H25N3O. The van der Waals surface area contributed by atoms with Gasteiger partial charge in [0.1, 0.15) is 5.82 Å². The Kier molecular flexibility index (Phi) is 4.62. The van der Waals surface area contributed by atoms with Gasteiger partial charge in [0.05, 0.1) is 11.0 Å². The molecule has 1 saturated heterocycles. The van der Waals surface area contributed by atoms with Crippen molar-refractivity contribution in [3.8, 4) is 0 Å². The third kappa shape index (κ3) is 3.39. The summed E-state index contributed by atoms with van der Waals surface area (Å²) in [5.74, 6) is 1.25. The molecule has 5 rings (SSSR count). The Balaban J connectivity index is 1.52. The Morgan fingerprint density at radius 1 is 0.933 bits per heavy atom. The average Bonchev–Trinajstić information content (AvgIpc) is 3.30. The van der Waals surface area contributed by atoms with Crippen LogP contribution >= 0.6 is 0 Å². The molecule has 0 saturated carbocycles. The summed E-state index contributed by atoms with van der Waals surface area (Å²) in [6.07, 6.45) is 0.491. The number of aromatic nitrogens is 2. The molecule has 1 unspecified atom stereocenters. The molecule has 0 radical (unpaired) electrons. The summed E-state index contributed by atoms with van der Waals surface area (Å²) < 4.78 is 2.29. The van der Waals surface area contributed by atoms with Gasteiger partial charge in [-0.25, -0.2) is 4.98 Å². The van der Waals surface area contributed by atoms with E-state index in [0.29, 0.717) is 13.0 Å². The average molecular weight is 396 g/mol. The predicted octanol–water partition coefficient (Wildman–Crippen LogP) is 5.22. The van der Waals surface area contributed by atoms with E-state index in [2.05, 4.69) is 73.0 Å². The number of benzene rings is 3. The van der Waals surface area contributed by atoms with Crippen molar-refractivity contribution in [1.82, 2.24) is 9.55 Å². The van der Waals surface area contributed by atoms with E-state index in [-0.39, 0.29) is 11.8 Å². The molecule has 0 N–H and O–H groups in total. The number of carbonyl (C=O) groups excluding carboxylic acids is 1. The highest BCUT2D eigenvalue weighted by molar-refractivity contribution is 5.96. The van der Waals surface area contributed by atoms with Crippen LogP contribution in [0.4, 0.5) is 5.69 Å². The number of imidazole rings is 1. The van der Waals surface area contributed by atoms with Crippen LogP contribution in [-0.2, 0) is 11.3 Å². The zero-order valence-electron chi connectivity index (χ0n) is 17.4. The van der Waals surface area contributed by atoms with Crippen molar-refractivity contribution < 1.29 is 4.79 Å². The molecule has 1 aliphatic rings. The third-order valence-electron chi connectivity index (χ3n) is 5.94. The van der Waals surface area contributed by atoms with Gasteiger partial charge < -0.3 is 9.47 Å². The Morgan fingerprint density at radius 2 is 1.73 bits per heavy atom. The van der Waals surface area contributed by atoms with E-state index in [1.54, 1.807) is 0 Å². The highest BCUT2D eigenvalue weighted by atomic mass is 16.2. The quantitative estimate of drug-likeness (QED) is 0.475. The maximum absolute atomic E-state index is 12.9. The van der Waals surface area contributed by atoms with Gasteiger partial charge in [0.2, 0.25) is 5.91 Å². The molecule has 30 heavy (non-hydrogen) atoms. The molecule has 4 nitrogen and oxygen atoms in total. The van der Waals surface area contributed by atoms with Gasteiger partial charge in [0.15, 0.2) is 0 Å². The first-order valence-corrected chi connectivity index (χ1v) is 10.5. The van der Waals surface area contributed by atoms with Crippen LogP contribution in [0.5, 0.6) is 0 Å². The lowest BCUT2D eigenvalue weighted by Crippen LogP contribution is -2.24. The van der Waals surface area contributed by atoms with Crippen molar-refractivity contribution in [2.24, 2.45) is 0 Å². The van der Waals surface area contributed by atoms with Gasteiger partial charge >= 0.3 is 0 Å². The molecular weight excluding hydrogens is 370 g/mol. The first-order valence-electron chi connectivity index (χ1n) is 10.5. The second kappa shape index (κ2) is 7.45. The smallest absolute Gasteiger partial charge is 0.227 e. The highest BCUT2D eigenvalue weighted by Crippen LogP contribution is 2.33. The van der Waals surface area contributed by atoms with E-state index in [4.69, 9.17) is 4.98 Å². The van der Waals surface area contributed by atoms with Crippen molar-refractivity contribution in [3.05, 3.63) is 95.3 Å². The zero-order valence-corrected chi connectivity index (χ0v) is 17.4. The van der Waals surface area contributed by atoms with Crippen LogP contribution in [0.2, 0.25) is 0 Å². The van der Waals surface area contributed by atoms with Gasteiger partial charge in [-0.05, 0) is 43.7 Å². The molecule has 1 aliphatic heterocycles. The molecule has 4 aromatic rings. The predicted molar refractivity (Wildman–Crippen MR) is 121 cm³/mol. The Hall–Kier alpha value is -3.40. The minimum atomic E-state index is 0.0796. The lowest BCUT2D eigenvalue weighted by atomic mass is 10.1. The fourth-order valence-electron chi connectivity index (χ4n) is 4.42. The van der Waals surface area contributed by atoms with E-state index in [1.807, 2.05) is 23.1 Å². The molecule has 0 aliphatic carbocycles. The SMILES string of the molecule is Cc1ccc(N2CC(c3nc4ccccc4n3Cc3cccc(C)c3)CC2=O)cc1. The summed E-state index contributed by atoms with van der Waals surface area (Å²) in [6.45, 7) is 5.60. The largest absolute Gasteiger partial charge is 0.323 e. The van der Waals surface area contributed by atoms with Gasteiger partial charge in [-0.1, -0.05) is 59.7 Å². The number of hydrogen-bond donors (Lipinski definition) is 0. The molecule has 150 valence electrons. The fourth-order valence-corrected chi connectivity index (χ4v) is 4.42. The third-order valence-corrected chi connectivity index (χ3v) is 5.94. The summed E-state index contributed by atoms with van der Waals surface area (Å²) in [5, 5.41) is 0. The van der Waals surface area contributed by atoms with E-state index >= 15 is 0 Å². The van der Waals surface area contributed by atoms with Crippen LogP contribution in [0.1, 0.15) is 34.9 Å². The Morgan fingerprint density at radius 3 is 2.53 bits per heavy atom. The summed E-state index contributed by atoms with van der Waals surface area (Å²) >= 11 is 0. The fraction of sp³-hybridized carbons (Fsp3) is 0.231. The Labute approximate surface area is 176 Å². The lowest BCUT2D eigenvalue weighted by molar-refractivity contribution is -0.117. The van der Waals surface area contributed by atoms with Crippen molar-refractivity contribution >= 4 is 22.6 Å². The Bertz CT molecular complexity index is 1220. The number of carbonyl (C=O) groups is 1. The first-order chi connectivity index (χ1) is 14.6. The number of amides is 1. The van der Waals surface area contributed by atoms with Crippen molar-refractivity contribution in [2.45, 2.75) is 32.7 Å². The van der Waals surface area contributed by atoms with Crippen molar-refractivity contribution in [3.63, 3.8) is 0 Å². The standard InChI is InChI=1S/C26H25N3O/c1-18-10-12-22(13-11-18)28-17-21(15-25(28)30)26-27-23-8-3-4-9-24(23)29(26)16-20-7-5-6-19(2)14-20/h3-14,21H,15-17H2,1-2H3. The van der Waals surface area contributed by atoms with E-state index < -0.39 is 0 Å². The molecule has 1 aromatic heterocycles. The van der Waals surface area contributed by atoms with Gasteiger partial charge in [-0.3, -0.25) is 4.79 Å². The molecule has 1 amide bonds. The summed E-state index contributed by atoms with van der Waals surface area (Å²) in [5.41, 5.74) is 6.77. The molecule has 4 heteroatoms. The zero-order chi connectivity index (χ0) is 20.7. The summed E-state index contributed by atoms with van der Waals surface area (Å²) in [4.78, 5) is 19.7. The van der Waals surface area contributed by atoms with Gasteiger partial charge in [0.25, 0.3) is 0 Å². The molecule has 3 aromatic carbocycles. The topological polar surface area (TPSA) is 38.1 Å². The van der Waals surface area contributed by atoms with Crippen LogP contribution in [0.3, 0.4) is 0 Å². The minimum absolute atomic E-state index is 0.0796. The molecule has 0 bridgehead atoms. The summed E-state index contributed by atoms with van der Waals surface area (Å²) in [6, 6.07) is 25.0. The lowest BCUT2D eigenvalue weighted by Gasteiger charge is -2.18. The van der Waals surface area contributed by atoms with Gasteiger partial charge in [-0.2, -0.15) is 0 Å². The van der Waals surface area contributed by atoms with Crippen molar-refractivity contribution in [2.75, 3.05) is 11.4 Å². The number of aryl methyl sites for hydroxylation is 2. The molecule has 1 atom stereocenters. The highest BCUT2D eigenvalue weighted by Gasteiger charge is 2.34. The van der Waals surface area contributed by atoms with Gasteiger partial charge in [0, 0.05) is 31.1 Å². The normalized spacial score (nSPS) is 16.5. The van der Waals surface area contributed by atoms with Crippen LogP contribution < -0.4 is 4.90 Å². The maximum Gasteiger partial charge on any atom is 0.227 e. The number of fused-ring (bicyclic) bond motifs is 1. The number of para-hydroxylation sites is 2. The number of anilines is 1. The first kappa shape index (κ1) is 18.6. The van der Waals surface area contributed by atoms with Crippen LogP contribution in [-0.4, -0.2) is 22.0 Å². The second-order valence-corrected chi connectivity index (χ2v) is 8.27. The monoisotopic (exact) mass is 395 g/mol.